The van der Waals surface area contributed by atoms with Gasteiger partial charge in [-0.25, -0.2) is 0 Å². The van der Waals surface area contributed by atoms with Crippen LogP contribution in [0.5, 0.6) is 5.75 Å². The maximum atomic E-state index is 13.2. The van der Waals surface area contributed by atoms with Crippen LogP contribution < -0.4 is 4.74 Å². The van der Waals surface area contributed by atoms with Gasteiger partial charge < -0.3 is 19.1 Å². The van der Waals surface area contributed by atoms with Gasteiger partial charge >= 0.3 is 0 Å². The van der Waals surface area contributed by atoms with Gasteiger partial charge in [0.05, 0.1) is 19.2 Å². The lowest BCUT2D eigenvalue weighted by Crippen LogP contribution is -2.46. The van der Waals surface area contributed by atoms with Crippen LogP contribution in [0.2, 0.25) is 0 Å². The van der Waals surface area contributed by atoms with Crippen LogP contribution in [0.3, 0.4) is 0 Å². The number of carbonyl (C=O) groups excluding carboxylic acids is 2. The van der Waals surface area contributed by atoms with Crippen LogP contribution in [0, 0.1) is 0 Å². The van der Waals surface area contributed by atoms with Crippen molar-refractivity contribution in [2.45, 2.75) is 45.3 Å². The monoisotopic (exact) mass is 383 g/mol. The normalized spacial score (nSPS) is 13.5. The van der Waals surface area contributed by atoms with E-state index in [2.05, 4.69) is 0 Å². The fourth-order valence-corrected chi connectivity index (χ4v) is 3.34. The van der Waals surface area contributed by atoms with Gasteiger partial charge in [-0.05, 0) is 51.0 Å². The van der Waals surface area contributed by atoms with E-state index in [0.29, 0.717) is 17.9 Å². The zero-order valence-corrected chi connectivity index (χ0v) is 17.1. The third kappa shape index (κ3) is 4.38. The number of nitrogens with zero attached hydrogens (tertiary/aromatic N) is 3. The Kier molecular flexibility index (Phi) is 6.07. The molecule has 1 aliphatic rings. The summed E-state index contributed by atoms with van der Waals surface area (Å²) in [7, 11) is 3.53. The van der Waals surface area contributed by atoms with Crippen molar-refractivity contribution in [2.24, 2.45) is 7.05 Å². The van der Waals surface area contributed by atoms with Gasteiger partial charge in [0.25, 0.3) is 5.91 Å². The minimum atomic E-state index is -0.185. The number of ether oxygens (including phenoxy) is 1. The average Bonchev–Trinajstić information content (AvgIpc) is 3.45. The number of rotatable bonds is 8. The fraction of sp³-hybridized carbons (Fsp3) is 0.455. The molecule has 1 aliphatic carbocycles. The van der Waals surface area contributed by atoms with Crippen molar-refractivity contribution >= 4 is 11.8 Å². The first-order valence-corrected chi connectivity index (χ1v) is 9.76. The molecule has 0 atom stereocenters. The van der Waals surface area contributed by atoms with Crippen LogP contribution in [-0.2, 0) is 18.4 Å². The predicted molar refractivity (Wildman–Crippen MR) is 108 cm³/mol. The fourth-order valence-electron chi connectivity index (χ4n) is 3.34. The van der Waals surface area contributed by atoms with Gasteiger partial charge in [0.2, 0.25) is 5.91 Å². The average molecular weight is 383 g/mol. The minimum Gasteiger partial charge on any atom is -0.496 e. The van der Waals surface area contributed by atoms with Gasteiger partial charge in [-0.3, -0.25) is 9.59 Å². The molecule has 0 unspecified atom stereocenters. The Morgan fingerprint density at radius 3 is 2.46 bits per heavy atom. The van der Waals surface area contributed by atoms with E-state index in [1.54, 1.807) is 24.1 Å². The van der Waals surface area contributed by atoms with Gasteiger partial charge in [-0.1, -0.05) is 12.1 Å². The van der Waals surface area contributed by atoms with E-state index in [9.17, 15) is 9.59 Å². The summed E-state index contributed by atoms with van der Waals surface area (Å²) in [5.74, 6) is 0.324. The van der Waals surface area contributed by atoms with Crippen molar-refractivity contribution in [3.8, 4) is 5.75 Å². The standard InChI is InChI=1S/C22H29N3O3/c1-16(2)24(22(27)19-9-5-6-10-20(19)28-4)15-21(26)25(17-11-12-17)14-18-8-7-13-23(18)3/h5-10,13,16-17H,11-12,14-15H2,1-4H3. The molecule has 1 aromatic heterocycles. The molecule has 6 nitrogen and oxygen atoms in total. The SMILES string of the molecule is COc1ccccc1C(=O)N(CC(=O)N(Cc1cccn1C)C1CC1)C(C)C. The summed E-state index contributed by atoms with van der Waals surface area (Å²) in [6.07, 6.45) is 4.03. The minimum absolute atomic E-state index is 0.0133. The molecule has 1 fully saturated rings. The highest BCUT2D eigenvalue weighted by molar-refractivity contribution is 5.99. The van der Waals surface area contributed by atoms with Crippen LogP contribution in [0.4, 0.5) is 0 Å². The van der Waals surface area contributed by atoms with Gasteiger partial charge in [0.15, 0.2) is 0 Å². The number of aryl methyl sites for hydroxylation is 1. The number of benzene rings is 1. The first kappa shape index (κ1) is 20.0. The number of hydrogen-bond acceptors (Lipinski definition) is 3. The summed E-state index contributed by atoms with van der Waals surface area (Å²) in [5, 5.41) is 0. The molecule has 0 spiro atoms. The summed E-state index contributed by atoms with van der Waals surface area (Å²) < 4.78 is 7.37. The summed E-state index contributed by atoms with van der Waals surface area (Å²) in [6, 6.07) is 11.3. The summed E-state index contributed by atoms with van der Waals surface area (Å²) in [5.41, 5.74) is 1.57. The lowest BCUT2D eigenvalue weighted by Gasteiger charge is -2.30. The van der Waals surface area contributed by atoms with Crippen molar-refractivity contribution in [1.82, 2.24) is 14.4 Å². The molecule has 3 rings (SSSR count). The number of para-hydroxylation sites is 1. The van der Waals surface area contributed by atoms with E-state index in [4.69, 9.17) is 4.74 Å². The Balaban J connectivity index is 1.78. The maximum Gasteiger partial charge on any atom is 0.258 e. The first-order chi connectivity index (χ1) is 13.4. The molecular weight excluding hydrogens is 354 g/mol. The zero-order chi connectivity index (χ0) is 20.3. The second-order valence-corrected chi connectivity index (χ2v) is 7.59. The highest BCUT2D eigenvalue weighted by Crippen LogP contribution is 2.29. The second-order valence-electron chi connectivity index (χ2n) is 7.59. The van der Waals surface area contributed by atoms with Crippen molar-refractivity contribution in [1.29, 1.82) is 0 Å². The smallest absolute Gasteiger partial charge is 0.258 e. The number of methoxy groups -OCH3 is 1. The second kappa shape index (κ2) is 8.50. The van der Waals surface area contributed by atoms with Crippen LogP contribution in [0.15, 0.2) is 42.6 Å². The van der Waals surface area contributed by atoms with E-state index >= 15 is 0 Å². The lowest BCUT2D eigenvalue weighted by atomic mass is 10.1. The van der Waals surface area contributed by atoms with Crippen molar-refractivity contribution in [2.75, 3.05) is 13.7 Å². The van der Waals surface area contributed by atoms with Gasteiger partial charge in [-0.15, -0.1) is 0 Å². The summed E-state index contributed by atoms with van der Waals surface area (Å²) >= 11 is 0. The van der Waals surface area contributed by atoms with Gasteiger partial charge in [0, 0.05) is 31.0 Å². The van der Waals surface area contributed by atoms with Crippen LogP contribution in [0.25, 0.3) is 0 Å². The zero-order valence-electron chi connectivity index (χ0n) is 17.1. The number of amides is 2. The third-order valence-electron chi connectivity index (χ3n) is 5.22. The maximum absolute atomic E-state index is 13.2. The molecule has 0 bridgehead atoms. The molecule has 0 N–H and O–H groups in total. The molecule has 0 saturated heterocycles. The van der Waals surface area contributed by atoms with E-state index in [1.807, 2.05) is 60.8 Å². The molecule has 1 saturated carbocycles. The highest BCUT2D eigenvalue weighted by Gasteiger charge is 2.35. The Morgan fingerprint density at radius 1 is 1.18 bits per heavy atom. The lowest BCUT2D eigenvalue weighted by molar-refractivity contribution is -0.133. The van der Waals surface area contributed by atoms with Gasteiger partial charge in [-0.2, -0.15) is 0 Å². The third-order valence-corrected chi connectivity index (χ3v) is 5.22. The molecule has 0 radical (unpaired) electrons. The number of carbonyl (C=O) groups is 2. The molecule has 2 aromatic rings. The molecule has 6 heteroatoms. The topological polar surface area (TPSA) is 54.8 Å². The number of aromatic nitrogens is 1. The Hall–Kier alpha value is -2.76. The summed E-state index contributed by atoms with van der Waals surface area (Å²) in [4.78, 5) is 29.9. The van der Waals surface area contributed by atoms with Crippen LogP contribution in [0.1, 0.15) is 42.7 Å². The Bertz CT molecular complexity index is 839. The first-order valence-electron chi connectivity index (χ1n) is 9.76. The molecule has 150 valence electrons. The van der Waals surface area contributed by atoms with Crippen molar-refractivity contribution in [3.63, 3.8) is 0 Å². The predicted octanol–water partition coefficient (Wildman–Crippen LogP) is 3.08. The van der Waals surface area contributed by atoms with Crippen LogP contribution in [-0.4, -0.2) is 51.9 Å². The van der Waals surface area contributed by atoms with Crippen molar-refractivity contribution < 1.29 is 14.3 Å². The molecule has 1 aromatic carbocycles. The molecule has 2 amide bonds. The molecular formula is C22H29N3O3. The largest absolute Gasteiger partial charge is 0.496 e. The van der Waals surface area contributed by atoms with E-state index in [-0.39, 0.29) is 30.4 Å². The van der Waals surface area contributed by atoms with E-state index in [1.165, 1.54) is 0 Å². The summed E-state index contributed by atoms with van der Waals surface area (Å²) in [6.45, 7) is 4.50. The van der Waals surface area contributed by atoms with Crippen molar-refractivity contribution in [3.05, 3.63) is 53.9 Å². The van der Waals surface area contributed by atoms with Crippen LogP contribution >= 0.6 is 0 Å². The van der Waals surface area contributed by atoms with E-state index < -0.39 is 0 Å². The molecule has 28 heavy (non-hydrogen) atoms. The Morgan fingerprint density at radius 2 is 1.89 bits per heavy atom. The Labute approximate surface area is 166 Å². The quantitative estimate of drug-likeness (QED) is 0.704. The molecule has 0 aliphatic heterocycles. The van der Waals surface area contributed by atoms with E-state index in [0.717, 1.165) is 18.5 Å². The highest BCUT2D eigenvalue weighted by atomic mass is 16.5. The number of hydrogen-bond donors (Lipinski definition) is 0. The molecule has 1 heterocycles. The van der Waals surface area contributed by atoms with Gasteiger partial charge in [0.1, 0.15) is 12.3 Å².